The second kappa shape index (κ2) is 5.27. The molecule has 1 aromatic heterocycles. The maximum absolute atomic E-state index is 13.0. The molecule has 0 amide bonds. The van der Waals surface area contributed by atoms with Crippen LogP contribution in [0.5, 0.6) is 0 Å². The number of aromatic nitrogens is 2. The van der Waals surface area contributed by atoms with Gasteiger partial charge in [0.25, 0.3) is 0 Å². The standard InChI is InChI=1S/C12H9BrFN3O/c1-7(6-15)4-11-16-12(17-18-11)9-3-2-8(14)5-10(9)13/h2-3,5,7H,4H2,1H3. The summed E-state index contributed by atoms with van der Waals surface area (Å²) < 4.78 is 18.6. The van der Waals surface area contributed by atoms with Gasteiger partial charge in [-0.25, -0.2) is 4.39 Å². The molecule has 0 saturated heterocycles. The van der Waals surface area contributed by atoms with Crippen LogP contribution in [-0.4, -0.2) is 10.1 Å². The van der Waals surface area contributed by atoms with E-state index in [4.69, 9.17) is 9.78 Å². The van der Waals surface area contributed by atoms with Gasteiger partial charge in [-0.2, -0.15) is 10.2 Å². The van der Waals surface area contributed by atoms with E-state index in [1.165, 1.54) is 12.1 Å². The highest BCUT2D eigenvalue weighted by Gasteiger charge is 2.14. The predicted octanol–water partition coefficient (Wildman–Crippen LogP) is 3.34. The van der Waals surface area contributed by atoms with E-state index in [2.05, 4.69) is 32.1 Å². The number of hydrogen-bond donors (Lipinski definition) is 0. The Morgan fingerprint density at radius 1 is 1.56 bits per heavy atom. The first-order chi connectivity index (χ1) is 8.60. The van der Waals surface area contributed by atoms with E-state index in [9.17, 15) is 4.39 Å². The van der Waals surface area contributed by atoms with Crippen molar-refractivity contribution in [2.75, 3.05) is 0 Å². The molecule has 1 atom stereocenters. The topological polar surface area (TPSA) is 62.7 Å². The van der Waals surface area contributed by atoms with E-state index in [-0.39, 0.29) is 11.7 Å². The van der Waals surface area contributed by atoms with Gasteiger partial charge in [-0.15, -0.1) is 0 Å². The Hall–Kier alpha value is -1.74. The van der Waals surface area contributed by atoms with Crippen molar-refractivity contribution in [3.63, 3.8) is 0 Å². The minimum Gasteiger partial charge on any atom is -0.339 e. The van der Waals surface area contributed by atoms with Gasteiger partial charge < -0.3 is 4.52 Å². The smallest absolute Gasteiger partial charge is 0.228 e. The summed E-state index contributed by atoms with van der Waals surface area (Å²) in [4.78, 5) is 4.18. The zero-order chi connectivity index (χ0) is 13.1. The van der Waals surface area contributed by atoms with Crippen LogP contribution in [0.25, 0.3) is 11.4 Å². The van der Waals surface area contributed by atoms with Crippen molar-refractivity contribution in [3.8, 4) is 17.5 Å². The summed E-state index contributed by atoms with van der Waals surface area (Å²) in [6.07, 6.45) is 0.405. The third-order valence-electron chi connectivity index (χ3n) is 2.34. The Labute approximate surface area is 112 Å². The molecule has 0 aliphatic heterocycles. The molecule has 0 fully saturated rings. The summed E-state index contributed by atoms with van der Waals surface area (Å²) in [5.74, 6) is 0.250. The minimum absolute atomic E-state index is 0.185. The fourth-order valence-corrected chi connectivity index (χ4v) is 1.95. The lowest BCUT2D eigenvalue weighted by molar-refractivity contribution is 0.369. The minimum atomic E-state index is -0.340. The van der Waals surface area contributed by atoms with Crippen LogP contribution in [0, 0.1) is 23.1 Å². The highest BCUT2D eigenvalue weighted by molar-refractivity contribution is 9.10. The molecule has 0 aliphatic rings. The number of nitrogens with zero attached hydrogens (tertiary/aromatic N) is 3. The van der Waals surface area contributed by atoms with Crippen LogP contribution < -0.4 is 0 Å². The Morgan fingerprint density at radius 2 is 2.33 bits per heavy atom. The summed E-state index contributed by atoms with van der Waals surface area (Å²) in [6, 6.07) is 6.33. The fraction of sp³-hybridized carbons (Fsp3) is 0.250. The van der Waals surface area contributed by atoms with Crippen LogP contribution in [0.1, 0.15) is 12.8 Å². The van der Waals surface area contributed by atoms with Gasteiger partial charge in [-0.1, -0.05) is 5.16 Å². The van der Waals surface area contributed by atoms with Crippen molar-refractivity contribution < 1.29 is 8.91 Å². The Kier molecular flexibility index (Phi) is 3.72. The first-order valence-corrected chi connectivity index (χ1v) is 6.07. The zero-order valence-corrected chi connectivity index (χ0v) is 11.1. The summed E-state index contributed by atoms with van der Waals surface area (Å²) in [5.41, 5.74) is 0.649. The van der Waals surface area contributed by atoms with E-state index in [1.807, 2.05) is 0 Å². The van der Waals surface area contributed by atoms with E-state index in [0.717, 1.165) is 0 Å². The average molecular weight is 310 g/mol. The van der Waals surface area contributed by atoms with Gasteiger partial charge in [0, 0.05) is 16.5 Å². The van der Waals surface area contributed by atoms with Crippen molar-refractivity contribution in [2.24, 2.45) is 5.92 Å². The molecule has 6 heteroatoms. The van der Waals surface area contributed by atoms with Gasteiger partial charge in [0.1, 0.15) is 5.82 Å². The molecule has 1 heterocycles. The molecule has 0 bridgehead atoms. The molecule has 0 spiro atoms. The van der Waals surface area contributed by atoms with Gasteiger partial charge >= 0.3 is 0 Å². The van der Waals surface area contributed by atoms with Crippen LogP contribution >= 0.6 is 15.9 Å². The lowest BCUT2D eigenvalue weighted by atomic mass is 10.1. The molecular weight excluding hydrogens is 301 g/mol. The average Bonchev–Trinajstić information content (AvgIpc) is 2.77. The number of nitriles is 1. The highest BCUT2D eigenvalue weighted by Crippen LogP contribution is 2.26. The number of halogens is 2. The van der Waals surface area contributed by atoms with Gasteiger partial charge in [-0.05, 0) is 41.1 Å². The third kappa shape index (κ3) is 2.74. The number of hydrogen-bond acceptors (Lipinski definition) is 4. The lowest BCUT2D eigenvalue weighted by Gasteiger charge is -1.98. The molecule has 4 nitrogen and oxygen atoms in total. The summed E-state index contributed by atoms with van der Waals surface area (Å²) in [5, 5.41) is 12.5. The number of benzene rings is 1. The van der Waals surface area contributed by atoms with Gasteiger partial charge in [0.15, 0.2) is 0 Å². The molecule has 0 aliphatic carbocycles. The van der Waals surface area contributed by atoms with Crippen molar-refractivity contribution in [1.29, 1.82) is 5.26 Å². The maximum Gasteiger partial charge on any atom is 0.228 e. The van der Waals surface area contributed by atoms with E-state index in [1.54, 1.807) is 13.0 Å². The second-order valence-corrected chi connectivity index (χ2v) is 4.72. The molecule has 0 saturated carbocycles. The monoisotopic (exact) mass is 309 g/mol. The molecular formula is C12H9BrFN3O. The molecule has 0 N–H and O–H groups in total. The number of rotatable bonds is 3. The van der Waals surface area contributed by atoms with Crippen LogP contribution in [0.3, 0.4) is 0 Å². The zero-order valence-electron chi connectivity index (χ0n) is 9.52. The Balaban J connectivity index is 2.27. The predicted molar refractivity (Wildman–Crippen MR) is 65.9 cm³/mol. The highest BCUT2D eigenvalue weighted by atomic mass is 79.9. The van der Waals surface area contributed by atoms with Crippen LogP contribution in [-0.2, 0) is 6.42 Å². The quantitative estimate of drug-likeness (QED) is 0.872. The van der Waals surface area contributed by atoms with E-state index < -0.39 is 0 Å². The van der Waals surface area contributed by atoms with Crippen LogP contribution in [0.4, 0.5) is 4.39 Å². The molecule has 1 unspecified atom stereocenters. The normalized spacial score (nSPS) is 12.1. The summed E-state index contributed by atoms with van der Waals surface area (Å²) in [7, 11) is 0. The molecule has 92 valence electrons. The van der Waals surface area contributed by atoms with Crippen LogP contribution in [0.2, 0.25) is 0 Å². The molecule has 1 aromatic carbocycles. The summed E-state index contributed by atoms with van der Waals surface area (Å²) in [6.45, 7) is 1.78. The Morgan fingerprint density at radius 3 is 3.00 bits per heavy atom. The summed E-state index contributed by atoms with van der Waals surface area (Å²) >= 11 is 3.24. The second-order valence-electron chi connectivity index (χ2n) is 3.87. The third-order valence-corrected chi connectivity index (χ3v) is 3.00. The maximum atomic E-state index is 13.0. The van der Waals surface area contributed by atoms with Gasteiger partial charge in [0.05, 0.1) is 12.0 Å². The van der Waals surface area contributed by atoms with Crippen molar-refractivity contribution in [3.05, 3.63) is 34.4 Å². The van der Waals surface area contributed by atoms with E-state index >= 15 is 0 Å². The lowest BCUT2D eigenvalue weighted by Crippen LogP contribution is -1.96. The SMILES string of the molecule is CC(C#N)Cc1nc(-c2ccc(F)cc2Br)no1. The van der Waals surface area contributed by atoms with Gasteiger partial charge in [-0.3, -0.25) is 0 Å². The Bertz CT molecular complexity index is 606. The van der Waals surface area contributed by atoms with Crippen molar-refractivity contribution in [2.45, 2.75) is 13.3 Å². The molecule has 18 heavy (non-hydrogen) atoms. The van der Waals surface area contributed by atoms with Crippen molar-refractivity contribution >= 4 is 15.9 Å². The van der Waals surface area contributed by atoms with Crippen LogP contribution in [0.15, 0.2) is 27.2 Å². The first kappa shape index (κ1) is 12.7. The van der Waals surface area contributed by atoms with E-state index in [0.29, 0.717) is 28.2 Å². The first-order valence-electron chi connectivity index (χ1n) is 5.27. The molecule has 0 radical (unpaired) electrons. The van der Waals surface area contributed by atoms with Crippen molar-refractivity contribution in [1.82, 2.24) is 10.1 Å². The molecule has 2 aromatic rings. The largest absolute Gasteiger partial charge is 0.339 e. The van der Waals surface area contributed by atoms with Gasteiger partial charge in [0.2, 0.25) is 11.7 Å². The molecule has 2 rings (SSSR count). The fourth-order valence-electron chi connectivity index (χ4n) is 1.43.